The summed E-state index contributed by atoms with van der Waals surface area (Å²) in [7, 11) is 0. The van der Waals surface area contributed by atoms with Crippen LogP contribution >= 0.6 is 0 Å². The Hall–Kier alpha value is -1.55. The fourth-order valence-electron chi connectivity index (χ4n) is 1.85. The van der Waals surface area contributed by atoms with Crippen LogP contribution in [0.2, 0.25) is 0 Å². The average Bonchev–Trinajstić information content (AvgIpc) is 2.70. The van der Waals surface area contributed by atoms with Gasteiger partial charge in [-0.05, 0) is 37.0 Å². The summed E-state index contributed by atoms with van der Waals surface area (Å²) >= 11 is 0. The molecule has 106 valence electrons. The van der Waals surface area contributed by atoms with Gasteiger partial charge < -0.3 is 14.8 Å². The molecular formula is C15H23NO3. The summed E-state index contributed by atoms with van der Waals surface area (Å²) in [4.78, 5) is 11.7. The summed E-state index contributed by atoms with van der Waals surface area (Å²) < 4.78 is 5.33. The maximum atomic E-state index is 11.7. The molecule has 0 aliphatic heterocycles. The van der Waals surface area contributed by atoms with Crippen LogP contribution in [0.4, 0.5) is 0 Å². The molecule has 0 bridgehead atoms. The fourth-order valence-corrected chi connectivity index (χ4v) is 1.85. The van der Waals surface area contributed by atoms with E-state index < -0.39 is 0 Å². The van der Waals surface area contributed by atoms with E-state index >= 15 is 0 Å². The molecule has 1 aromatic heterocycles. The summed E-state index contributed by atoms with van der Waals surface area (Å²) in [5, 5.41) is 12.1. The molecular weight excluding hydrogens is 242 g/mol. The largest absolute Gasteiger partial charge is 0.462 e. The first-order valence-electron chi connectivity index (χ1n) is 6.46. The van der Waals surface area contributed by atoms with Gasteiger partial charge in [0.15, 0.2) is 0 Å². The van der Waals surface area contributed by atoms with Crippen molar-refractivity contribution in [3.63, 3.8) is 0 Å². The molecule has 1 unspecified atom stereocenters. The first kappa shape index (κ1) is 15.5. The Labute approximate surface area is 114 Å². The van der Waals surface area contributed by atoms with E-state index in [4.69, 9.17) is 4.42 Å². The monoisotopic (exact) mass is 265 g/mol. The van der Waals surface area contributed by atoms with Crippen molar-refractivity contribution in [3.8, 4) is 0 Å². The topological polar surface area (TPSA) is 62.5 Å². The minimum Gasteiger partial charge on any atom is -0.462 e. The quantitative estimate of drug-likeness (QED) is 0.804. The van der Waals surface area contributed by atoms with Gasteiger partial charge in [0.1, 0.15) is 11.5 Å². The van der Waals surface area contributed by atoms with Gasteiger partial charge in [0, 0.05) is 6.08 Å². The number of amides is 1. The van der Waals surface area contributed by atoms with Gasteiger partial charge in [-0.15, -0.1) is 0 Å². The third kappa shape index (κ3) is 6.25. The van der Waals surface area contributed by atoms with Crippen LogP contribution in [-0.2, 0) is 4.79 Å². The van der Waals surface area contributed by atoms with Crippen molar-refractivity contribution in [2.75, 3.05) is 6.61 Å². The Bertz CT molecular complexity index is 440. The molecule has 1 amide bonds. The molecule has 2 N–H and O–H groups in total. The number of nitrogens with one attached hydrogen (secondary N) is 1. The summed E-state index contributed by atoms with van der Waals surface area (Å²) in [6.07, 6.45) is 3.76. The second-order valence-electron chi connectivity index (χ2n) is 5.93. The van der Waals surface area contributed by atoms with Crippen molar-refractivity contribution in [2.45, 2.75) is 40.2 Å². The molecule has 0 saturated heterocycles. The molecule has 0 aromatic carbocycles. The molecule has 19 heavy (non-hydrogen) atoms. The highest BCUT2D eigenvalue weighted by atomic mass is 16.3. The Kier molecular flexibility index (Phi) is 5.36. The summed E-state index contributed by atoms with van der Waals surface area (Å²) in [6, 6.07) is 3.42. The highest BCUT2D eigenvalue weighted by Gasteiger charge is 2.18. The van der Waals surface area contributed by atoms with E-state index in [0.29, 0.717) is 5.76 Å². The maximum absolute atomic E-state index is 11.7. The van der Waals surface area contributed by atoms with Gasteiger partial charge in [-0.2, -0.15) is 0 Å². The van der Waals surface area contributed by atoms with E-state index in [-0.39, 0.29) is 24.0 Å². The second-order valence-corrected chi connectivity index (χ2v) is 5.93. The zero-order chi connectivity index (χ0) is 14.5. The van der Waals surface area contributed by atoms with Crippen molar-refractivity contribution in [1.29, 1.82) is 0 Å². The van der Waals surface area contributed by atoms with E-state index in [0.717, 1.165) is 12.2 Å². The SMILES string of the molecule is Cc1ccc(/C=C/C(=O)NC(CO)CC(C)(C)C)o1. The molecule has 1 rings (SSSR count). The Morgan fingerprint density at radius 1 is 1.47 bits per heavy atom. The van der Waals surface area contributed by atoms with E-state index in [2.05, 4.69) is 26.1 Å². The smallest absolute Gasteiger partial charge is 0.244 e. The lowest BCUT2D eigenvalue weighted by Gasteiger charge is -2.24. The number of aliphatic hydroxyl groups excluding tert-OH is 1. The van der Waals surface area contributed by atoms with Gasteiger partial charge in [-0.3, -0.25) is 4.79 Å². The highest BCUT2D eigenvalue weighted by molar-refractivity contribution is 5.91. The number of furan rings is 1. The van der Waals surface area contributed by atoms with Crippen LogP contribution in [0.3, 0.4) is 0 Å². The minimum atomic E-state index is -0.226. The molecule has 0 radical (unpaired) electrons. The zero-order valence-electron chi connectivity index (χ0n) is 12.1. The summed E-state index contributed by atoms with van der Waals surface area (Å²) in [6.45, 7) is 8.01. The van der Waals surface area contributed by atoms with Crippen LogP contribution in [0.15, 0.2) is 22.6 Å². The number of carbonyl (C=O) groups excluding carboxylic acids is 1. The van der Waals surface area contributed by atoms with Gasteiger partial charge in [-0.1, -0.05) is 20.8 Å². The van der Waals surface area contributed by atoms with Crippen molar-refractivity contribution < 1.29 is 14.3 Å². The lowest BCUT2D eigenvalue weighted by Crippen LogP contribution is -2.39. The molecule has 1 heterocycles. The highest BCUT2D eigenvalue weighted by Crippen LogP contribution is 2.20. The Morgan fingerprint density at radius 3 is 2.63 bits per heavy atom. The number of rotatable bonds is 5. The Balaban J connectivity index is 2.51. The third-order valence-corrected chi connectivity index (χ3v) is 2.59. The molecule has 0 saturated carbocycles. The normalized spacial score (nSPS) is 13.7. The molecule has 0 spiro atoms. The van der Waals surface area contributed by atoms with E-state index in [1.54, 1.807) is 12.1 Å². The molecule has 0 aliphatic carbocycles. The van der Waals surface area contributed by atoms with Gasteiger partial charge in [0.25, 0.3) is 0 Å². The fraction of sp³-hybridized carbons (Fsp3) is 0.533. The van der Waals surface area contributed by atoms with Crippen LogP contribution in [0.25, 0.3) is 6.08 Å². The predicted octanol–water partition coefficient (Wildman–Crippen LogP) is 2.51. The number of hydrogen-bond acceptors (Lipinski definition) is 3. The van der Waals surface area contributed by atoms with Gasteiger partial charge in [-0.25, -0.2) is 0 Å². The van der Waals surface area contributed by atoms with Crippen LogP contribution < -0.4 is 5.32 Å². The molecule has 0 fully saturated rings. The first-order chi connectivity index (χ1) is 8.80. The second kappa shape index (κ2) is 6.57. The lowest BCUT2D eigenvalue weighted by molar-refractivity contribution is -0.117. The van der Waals surface area contributed by atoms with Gasteiger partial charge in [0.05, 0.1) is 12.6 Å². The van der Waals surface area contributed by atoms with Gasteiger partial charge in [0.2, 0.25) is 5.91 Å². The van der Waals surface area contributed by atoms with Crippen molar-refractivity contribution in [2.24, 2.45) is 5.41 Å². The average molecular weight is 265 g/mol. The molecule has 1 atom stereocenters. The van der Waals surface area contributed by atoms with Crippen molar-refractivity contribution >= 4 is 12.0 Å². The van der Waals surface area contributed by atoms with E-state index in [1.165, 1.54) is 6.08 Å². The van der Waals surface area contributed by atoms with Crippen molar-refractivity contribution in [3.05, 3.63) is 29.7 Å². The minimum absolute atomic E-state index is 0.0580. The predicted molar refractivity (Wildman–Crippen MR) is 75.6 cm³/mol. The number of aryl methyl sites for hydroxylation is 1. The Morgan fingerprint density at radius 2 is 2.16 bits per heavy atom. The standard InChI is InChI=1S/C15H23NO3/c1-11-5-6-13(19-11)7-8-14(18)16-12(10-17)9-15(2,3)4/h5-8,12,17H,9-10H2,1-4H3,(H,16,18)/b8-7+. The summed E-state index contributed by atoms with van der Waals surface area (Å²) in [5.74, 6) is 1.22. The number of aliphatic hydroxyl groups is 1. The van der Waals surface area contributed by atoms with Crippen LogP contribution in [0.5, 0.6) is 0 Å². The first-order valence-corrected chi connectivity index (χ1v) is 6.46. The van der Waals surface area contributed by atoms with E-state index in [9.17, 15) is 9.90 Å². The zero-order valence-corrected chi connectivity index (χ0v) is 12.1. The molecule has 4 nitrogen and oxygen atoms in total. The van der Waals surface area contributed by atoms with Crippen molar-refractivity contribution in [1.82, 2.24) is 5.32 Å². The third-order valence-electron chi connectivity index (χ3n) is 2.59. The molecule has 1 aromatic rings. The lowest BCUT2D eigenvalue weighted by atomic mass is 9.88. The van der Waals surface area contributed by atoms with Crippen LogP contribution in [0, 0.1) is 12.3 Å². The van der Waals surface area contributed by atoms with Gasteiger partial charge >= 0.3 is 0 Å². The molecule has 4 heteroatoms. The maximum Gasteiger partial charge on any atom is 0.244 e. The van der Waals surface area contributed by atoms with Crippen LogP contribution in [-0.4, -0.2) is 23.7 Å². The van der Waals surface area contributed by atoms with Crippen LogP contribution in [0.1, 0.15) is 38.7 Å². The van der Waals surface area contributed by atoms with E-state index in [1.807, 2.05) is 13.0 Å². The summed E-state index contributed by atoms with van der Waals surface area (Å²) in [5.41, 5.74) is 0.0580. The number of hydrogen-bond donors (Lipinski definition) is 2. The molecule has 0 aliphatic rings. The number of carbonyl (C=O) groups is 1.